The standard InChI is InChI=1S/C76H120O6/c1-4-7-10-13-16-19-22-24-26-28-30-32-34-36-37-38-39-41-42-44-46-48-50-52-54-57-60-63-66-69-75(78)81-72-73(71-80-74(77)68-65-62-59-56-21-18-15-12-9-6-3)82-76(79)70-67-64-61-58-55-53-51-49-47-45-43-40-35-33-31-29-27-25-23-20-17-14-11-8-5-2/h7-8,10-12,15-17,19-20,24-27,30-33,36-37,39-41,43-44,46-47,49,73H,4-6,9,13-14,18,21-23,28-29,34-35,38,42,45,48,50-72H2,1-3H3/b10-7-,11-8-,15-12-,19-16-,20-17-,26-24-,27-25-,32-30-,33-31-,37-36-,41-39-,43-40-,46-44-,49-47-. The molecule has 0 saturated carbocycles. The summed E-state index contributed by atoms with van der Waals surface area (Å²) >= 11 is 0. The lowest BCUT2D eigenvalue weighted by atomic mass is 10.1. The van der Waals surface area contributed by atoms with Crippen molar-refractivity contribution in [2.45, 2.75) is 277 Å². The van der Waals surface area contributed by atoms with Crippen molar-refractivity contribution in [3.05, 3.63) is 170 Å². The van der Waals surface area contributed by atoms with E-state index in [0.29, 0.717) is 19.3 Å². The third kappa shape index (κ3) is 65.6. The van der Waals surface area contributed by atoms with Gasteiger partial charge in [0.25, 0.3) is 0 Å². The quantitative estimate of drug-likeness (QED) is 0.0261. The van der Waals surface area contributed by atoms with Crippen LogP contribution < -0.4 is 0 Å². The van der Waals surface area contributed by atoms with E-state index in [1.54, 1.807) is 0 Å². The molecule has 1 unspecified atom stereocenters. The summed E-state index contributed by atoms with van der Waals surface area (Å²) in [4.78, 5) is 38.3. The smallest absolute Gasteiger partial charge is 0.306 e. The van der Waals surface area contributed by atoms with Gasteiger partial charge in [0.15, 0.2) is 6.10 Å². The van der Waals surface area contributed by atoms with Crippen molar-refractivity contribution < 1.29 is 28.6 Å². The number of esters is 3. The maximum atomic E-state index is 12.9. The number of allylic oxidation sites excluding steroid dienone is 28. The van der Waals surface area contributed by atoms with Crippen molar-refractivity contribution in [3.8, 4) is 0 Å². The maximum absolute atomic E-state index is 12.9. The van der Waals surface area contributed by atoms with Gasteiger partial charge < -0.3 is 14.2 Å². The molecule has 0 aromatic carbocycles. The highest BCUT2D eigenvalue weighted by molar-refractivity contribution is 5.71. The molecule has 0 heterocycles. The first-order chi connectivity index (χ1) is 40.5. The number of carbonyl (C=O) groups is 3. The number of carbonyl (C=O) groups excluding carboxylic acids is 3. The van der Waals surface area contributed by atoms with Crippen LogP contribution in [0.25, 0.3) is 0 Å². The Balaban J connectivity index is 4.34. The lowest BCUT2D eigenvalue weighted by Gasteiger charge is -2.18. The summed E-state index contributed by atoms with van der Waals surface area (Å²) in [6, 6.07) is 0. The van der Waals surface area contributed by atoms with Gasteiger partial charge in [0.05, 0.1) is 0 Å². The maximum Gasteiger partial charge on any atom is 0.306 e. The van der Waals surface area contributed by atoms with E-state index in [-0.39, 0.29) is 31.1 Å². The largest absolute Gasteiger partial charge is 0.462 e. The third-order valence-corrected chi connectivity index (χ3v) is 13.4. The van der Waals surface area contributed by atoms with Gasteiger partial charge in [0.2, 0.25) is 0 Å². The molecule has 0 bridgehead atoms. The van der Waals surface area contributed by atoms with E-state index < -0.39 is 6.10 Å². The van der Waals surface area contributed by atoms with E-state index in [1.807, 2.05) is 0 Å². The van der Waals surface area contributed by atoms with Crippen molar-refractivity contribution in [1.82, 2.24) is 0 Å². The molecule has 0 radical (unpaired) electrons. The van der Waals surface area contributed by atoms with E-state index in [2.05, 4.69) is 191 Å². The number of hydrogen-bond donors (Lipinski definition) is 0. The van der Waals surface area contributed by atoms with Crippen LogP contribution in [-0.2, 0) is 28.6 Å². The zero-order valence-electron chi connectivity index (χ0n) is 52.7. The second-order valence-electron chi connectivity index (χ2n) is 21.3. The molecular formula is C76H120O6. The van der Waals surface area contributed by atoms with Gasteiger partial charge >= 0.3 is 17.9 Å². The van der Waals surface area contributed by atoms with Crippen LogP contribution in [0.4, 0.5) is 0 Å². The van der Waals surface area contributed by atoms with Crippen LogP contribution in [0.15, 0.2) is 170 Å². The summed E-state index contributed by atoms with van der Waals surface area (Å²) in [5.41, 5.74) is 0. The van der Waals surface area contributed by atoms with Gasteiger partial charge in [0.1, 0.15) is 13.2 Å². The number of rotatable bonds is 58. The second-order valence-corrected chi connectivity index (χ2v) is 21.3. The molecule has 0 rings (SSSR count). The highest BCUT2D eigenvalue weighted by Gasteiger charge is 2.19. The Hall–Kier alpha value is -5.23. The Morgan fingerprint density at radius 3 is 0.756 bits per heavy atom. The summed E-state index contributed by atoms with van der Waals surface area (Å²) in [6.07, 6.45) is 101. The van der Waals surface area contributed by atoms with E-state index >= 15 is 0 Å². The Kier molecular flexibility index (Phi) is 63.9. The van der Waals surface area contributed by atoms with E-state index in [9.17, 15) is 14.4 Å². The van der Waals surface area contributed by atoms with E-state index in [4.69, 9.17) is 14.2 Å². The van der Waals surface area contributed by atoms with Gasteiger partial charge in [-0.15, -0.1) is 0 Å². The summed E-state index contributed by atoms with van der Waals surface area (Å²) in [6.45, 7) is 6.32. The first kappa shape index (κ1) is 76.8. The summed E-state index contributed by atoms with van der Waals surface area (Å²) in [7, 11) is 0. The lowest BCUT2D eigenvalue weighted by Crippen LogP contribution is -2.30. The Labute approximate surface area is 504 Å². The molecule has 0 saturated heterocycles. The molecule has 0 aromatic heterocycles. The molecule has 6 nitrogen and oxygen atoms in total. The molecular weight excluding hydrogens is 1010 g/mol. The van der Waals surface area contributed by atoms with E-state index in [1.165, 1.54) is 51.4 Å². The zero-order chi connectivity index (χ0) is 59.2. The molecule has 0 aliphatic carbocycles. The number of hydrogen-bond acceptors (Lipinski definition) is 6. The topological polar surface area (TPSA) is 78.9 Å². The molecule has 6 heteroatoms. The van der Waals surface area contributed by atoms with Crippen LogP contribution >= 0.6 is 0 Å². The second kappa shape index (κ2) is 68.3. The molecule has 0 fully saturated rings. The predicted molar refractivity (Wildman–Crippen MR) is 357 cm³/mol. The summed E-state index contributed by atoms with van der Waals surface area (Å²) in [5.74, 6) is -0.940. The fourth-order valence-electron chi connectivity index (χ4n) is 8.55. The molecule has 0 aromatic rings. The molecule has 0 aliphatic heterocycles. The van der Waals surface area contributed by atoms with Crippen LogP contribution in [-0.4, -0.2) is 37.2 Å². The Morgan fingerprint density at radius 2 is 0.476 bits per heavy atom. The number of ether oxygens (including phenoxy) is 3. The van der Waals surface area contributed by atoms with Crippen LogP contribution in [0, 0.1) is 0 Å². The van der Waals surface area contributed by atoms with Crippen LogP contribution in [0.1, 0.15) is 271 Å². The predicted octanol–water partition coefficient (Wildman–Crippen LogP) is 23.0. The van der Waals surface area contributed by atoms with Gasteiger partial charge in [-0.05, 0) is 148 Å². The van der Waals surface area contributed by atoms with Gasteiger partial charge in [-0.2, -0.15) is 0 Å². The highest BCUT2D eigenvalue weighted by atomic mass is 16.6. The fourth-order valence-corrected chi connectivity index (χ4v) is 8.55. The molecule has 1 atom stereocenters. The molecule has 460 valence electrons. The third-order valence-electron chi connectivity index (χ3n) is 13.4. The average molecular weight is 1130 g/mol. The van der Waals surface area contributed by atoms with Crippen molar-refractivity contribution in [3.63, 3.8) is 0 Å². The minimum absolute atomic E-state index is 0.0992. The average Bonchev–Trinajstić information content (AvgIpc) is 3.48. The van der Waals surface area contributed by atoms with Gasteiger partial charge in [-0.1, -0.05) is 274 Å². The van der Waals surface area contributed by atoms with Crippen LogP contribution in [0.2, 0.25) is 0 Å². The van der Waals surface area contributed by atoms with Crippen molar-refractivity contribution in [2.24, 2.45) is 0 Å². The Morgan fingerprint density at radius 1 is 0.256 bits per heavy atom. The molecule has 0 spiro atoms. The highest BCUT2D eigenvalue weighted by Crippen LogP contribution is 2.14. The lowest BCUT2D eigenvalue weighted by molar-refractivity contribution is -0.167. The first-order valence-corrected chi connectivity index (χ1v) is 33.1. The van der Waals surface area contributed by atoms with Gasteiger partial charge in [-0.3, -0.25) is 14.4 Å². The minimum Gasteiger partial charge on any atom is -0.462 e. The Bertz CT molecular complexity index is 1870. The molecule has 82 heavy (non-hydrogen) atoms. The normalized spacial score (nSPS) is 13.3. The zero-order valence-corrected chi connectivity index (χ0v) is 52.7. The SMILES string of the molecule is CC/C=C\C/C=C\C/C=C\C/C=C\C/C=C\C/C=C\C/C=C\CCCCCCCCCC(=O)OCC(COC(=O)CCCCCCC/C=C\CCC)OC(=O)CCCCCCCC/C=C\C/C=C\C/C=C\C/C=C\C/C=C\C/C=C\CC. The van der Waals surface area contributed by atoms with Gasteiger partial charge in [0, 0.05) is 19.3 Å². The summed E-state index contributed by atoms with van der Waals surface area (Å²) in [5, 5.41) is 0. The fraction of sp³-hybridized carbons (Fsp3) is 0.592. The van der Waals surface area contributed by atoms with Crippen molar-refractivity contribution in [1.29, 1.82) is 0 Å². The number of unbranched alkanes of at least 4 members (excludes halogenated alkanes) is 19. The van der Waals surface area contributed by atoms with Crippen LogP contribution in [0.5, 0.6) is 0 Å². The van der Waals surface area contributed by atoms with E-state index in [0.717, 1.165) is 180 Å². The monoisotopic (exact) mass is 1130 g/mol. The molecule has 0 amide bonds. The molecule has 0 N–H and O–H groups in total. The summed E-state index contributed by atoms with van der Waals surface area (Å²) < 4.78 is 16.9. The van der Waals surface area contributed by atoms with Crippen molar-refractivity contribution in [2.75, 3.05) is 13.2 Å². The van der Waals surface area contributed by atoms with Crippen molar-refractivity contribution >= 4 is 17.9 Å². The van der Waals surface area contributed by atoms with Gasteiger partial charge in [-0.25, -0.2) is 0 Å². The first-order valence-electron chi connectivity index (χ1n) is 33.1. The minimum atomic E-state index is -0.804. The van der Waals surface area contributed by atoms with Crippen LogP contribution in [0.3, 0.4) is 0 Å². The molecule has 0 aliphatic rings.